The Balaban J connectivity index is 1.47. The number of hydrogen-bond donors (Lipinski definition) is 0. The van der Waals surface area contributed by atoms with E-state index >= 15 is 0 Å². The maximum Gasteiger partial charge on any atom is 0.160 e. The summed E-state index contributed by atoms with van der Waals surface area (Å²) in [5.41, 5.74) is 12.1. The van der Waals surface area contributed by atoms with Crippen LogP contribution in [0, 0.1) is 0 Å². The summed E-state index contributed by atoms with van der Waals surface area (Å²) in [5, 5.41) is 2.81. The minimum Gasteiger partial charge on any atom is -0.264 e. The van der Waals surface area contributed by atoms with Crippen molar-refractivity contribution in [3.63, 3.8) is 0 Å². The average molecular weight is 709 g/mol. The molecule has 0 bridgehead atoms. The molecule has 0 aliphatic rings. The normalized spacial score (nSPS) is 11.3. The van der Waals surface area contributed by atoms with Crippen molar-refractivity contribution >= 4 is 32.7 Å². The van der Waals surface area contributed by atoms with E-state index in [1.54, 1.807) is 37.4 Å². The maximum atomic E-state index is 5.70. The summed E-state index contributed by atoms with van der Waals surface area (Å²) in [5.74, 6) is 0.562. The lowest BCUT2D eigenvalue weighted by Crippen LogP contribution is -2.05. The minimum absolute atomic E-state index is 0.547. The molecule has 7 heterocycles. The second-order valence-corrected chi connectivity index (χ2v) is 13.0. The number of benzene rings is 3. The van der Waals surface area contributed by atoms with E-state index in [2.05, 4.69) is 56.3 Å². The molecule has 55 heavy (non-hydrogen) atoms. The highest BCUT2D eigenvalue weighted by molar-refractivity contribution is 6.18. The SMILES string of the molecule is c1cnc(-c2c(Cc3cccnc3)cc3nc(-c4cccc5ncccc45)c(-c4ccnc5ccccc45)c(-c4cncnc4)c3c2-c2ccncn2)nc1. The summed E-state index contributed by atoms with van der Waals surface area (Å²) in [6.45, 7) is 0. The quantitative estimate of drug-likeness (QED) is 0.158. The highest BCUT2D eigenvalue weighted by Crippen LogP contribution is 2.50. The van der Waals surface area contributed by atoms with Gasteiger partial charge in [-0.15, -0.1) is 0 Å². The van der Waals surface area contributed by atoms with Crippen LogP contribution >= 0.6 is 0 Å². The first-order valence-electron chi connectivity index (χ1n) is 17.7. The minimum atomic E-state index is 0.547. The van der Waals surface area contributed by atoms with Crippen molar-refractivity contribution < 1.29 is 0 Å². The number of para-hydroxylation sites is 1. The molecule has 0 aliphatic heterocycles. The van der Waals surface area contributed by atoms with Crippen molar-refractivity contribution in [1.82, 2.24) is 49.8 Å². The molecule has 0 saturated carbocycles. The van der Waals surface area contributed by atoms with Crippen LogP contribution in [-0.4, -0.2) is 49.8 Å². The number of rotatable bonds is 7. The zero-order valence-electron chi connectivity index (χ0n) is 29.2. The van der Waals surface area contributed by atoms with E-state index in [4.69, 9.17) is 29.9 Å². The Morgan fingerprint density at radius 1 is 0.455 bits per heavy atom. The highest BCUT2D eigenvalue weighted by atomic mass is 14.9. The number of hydrogen-bond acceptors (Lipinski definition) is 10. The van der Waals surface area contributed by atoms with Crippen molar-refractivity contribution in [2.24, 2.45) is 0 Å². The van der Waals surface area contributed by atoms with Gasteiger partial charge in [0.2, 0.25) is 0 Å². The Bertz CT molecular complexity index is 2990. The molecule has 10 rings (SSSR count). The summed E-state index contributed by atoms with van der Waals surface area (Å²) < 4.78 is 0. The van der Waals surface area contributed by atoms with E-state index in [9.17, 15) is 0 Å². The average Bonchev–Trinajstić information content (AvgIpc) is 3.26. The van der Waals surface area contributed by atoms with Crippen LogP contribution in [0.15, 0.2) is 159 Å². The third-order valence-corrected chi connectivity index (χ3v) is 9.77. The second-order valence-electron chi connectivity index (χ2n) is 13.0. The molecule has 258 valence electrons. The van der Waals surface area contributed by atoms with E-state index in [-0.39, 0.29) is 0 Å². The highest BCUT2D eigenvalue weighted by Gasteiger charge is 2.29. The molecule has 10 heteroatoms. The second kappa shape index (κ2) is 13.7. The van der Waals surface area contributed by atoms with Crippen LogP contribution in [0.3, 0.4) is 0 Å². The van der Waals surface area contributed by atoms with Crippen LogP contribution in [0.1, 0.15) is 11.1 Å². The van der Waals surface area contributed by atoms with Gasteiger partial charge in [0.25, 0.3) is 0 Å². The fraction of sp³-hybridized carbons (Fsp3) is 0.0222. The van der Waals surface area contributed by atoms with Crippen LogP contribution in [0.5, 0.6) is 0 Å². The van der Waals surface area contributed by atoms with Crippen LogP contribution in [0.25, 0.3) is 88.9 Å². The molecule has 0 N–H and O–H groups in total. The Labute approximate surface area is 314 Å². The maximum absolute atomic E-state index is 5.70. The zero-order chi connectivity index (χ0) is 36.6. The summed E-state index contributed by atoms with van der Waals surface area (Å²) in [6.07, 6.45) is 20.0. The Morgan fingerprint density at radius 2 is 1.24 bits per heavy atom. The molecule has 0 aliphatic carbocycles. The van der Waals surface area contributed by atoms with E-state index in [0.717, 1.165) is 88.5 Å². The van der Waals surface area contributed by atoms with Crippen LogP contribution in [0.4, 0.5) is 0 Å². The Morgan fingerprint density at radius 3 is 2.07 bits per heavy atom. The fourth-order valence-corrected chi connectivity index (χ4v) is 7.52. The predicted molar refractivity (Wildman–Crippen MR) is 213 cm³/mol. The van der Waals surface area contributed by atoms with Crippen molar-refractivity contribution in [2.45, 2.75) is 6.42 Å². The van der Waals surface area contributed by atoms with Gasteiger partial charge in [-0.3, -0.25) is 15.0 Å². The standard InChI is InChI=1S/C45H28N10/c1-2-11-35-31(8-1)33(13-20-51-35)41-39(30-24-48-26-49-25-30)43-38(55-44(41)34-9-3-12-36-32(34)10-5-16-50-36)22-29(21-28-7-4-15-46-23-28)40(45-52-17-6-18-53-45)42(43)37-14-19-47-27-54-37/h1-20,22-27H,21H2. The molecule has 10 aromatic rings. The first-order chi connectivity index (χ1) is 27.3. The van der Waals surface area contributed by atoms with Crippen molar-refractivity contribution in [1.29, 1.82) is 0 Å². The molecule has 3 aromatic carbocycles. The molecular formula is C45H28N10. The molecular weight excluding hydrogens is 681 g/mol. The lowest BCUT2D eigenvalue weighted by molar-refractivity contribution is 1.11. The Kier molecular flexibility index (Phi) is 7.95. The molecule has 7 aromatic heterocycles. The molecule has 0 spiro atoms. The third kappa shape index (κ3) is 5.69. The lowest BCUT2D eigenvalue weighted by atomic mass is 9.82. The van der Waals surface area contributed by atoms with Gasteiger partial charge in [0, 0.05) is 105 Å². The van der Waals surface area contributed by atoms with Crippen molar-refractivity contribution in [3.8, 4) is 56.2 Å². The fourth-order valence-electron chi connectivity index (χ4n) is 7.52. The monoisotopic (exact) mass is 708 g/mol. The van der Waals surface area contributed by atoms with Gasteiger partial charge in [-0.25, -0.2) is 34.9 Å². The smallest absolute Gasteiger partial charge is 0.160 e. The largest absolute Gasteiger partial charge is 0.264 e. The third-order valence-electron chi connectivity index (χ3n) is 9.77. The van der Waals surface area contributed by atoms with E-state index < -0.39 is 0 Å². The van der Waals surface area contributed by atoms with E-state index in [0.29, 0.717) is 17.9 Å². The van der Waals surface area contributed by atoms with Gasteiger partial charge < -0.3 is 0 Å². The summed E-state index contributed by atoms with van der Waals surface area (Å²) >= 11 is 0. The summed E-state index contributed by atoms with van der Waals surface area (Å²) in [6, 6.07) is 30.4. The molecule has 0 amide bonds. The first-order valence-corrected chi connectivity index (χ1v) is 17.7. The molecule has 0 fully saturated rings. The van der Waals surface area contributed by atoms with Gasteiger partial charge in [-0.05, 0) is 71.6 Å². The molecule has 10 nitrogen and oxygen atoms in total. The predicted octanol–water partition coefficient (Wildman–Crippen LogP) is 9.02. The van der Waals surface area contributed by atoms with Crippen LogP contribution in [0.2, 0.25) is 0 Å². The van der Waals surface area contributed by atoms with Crippen LogP contribution in [-0.2, 0) is 6.42 Å². The zero-order valence-corrected chi connectivity index (χ0v) is 29.2. The number of aromatic nitrogens is 10. The molecule has 0 radical (unpaired) electrons. The van der Waals surface area contributed by atoms with Gasteiger partial charge in [0.05, 0.1) is 27.9 Å². The van der Waals surface area contributed by atoms with Crippen molar-refractivity contribution in [3.05, 3.63) is 171 Å². The summed E-state index contributed by atoms with van der Waals surface area (Å²) in [4.78, 5) is 47.6. The van der Waals surface area contributed by atoms with Crippen LogP contribution < -0.4 is 0 Å². The number of pyridine rings is 4. The van der Waals surface area contributed by atoms with Gasteiger partial charge in [-0.1, -0.05) is 42.5 Å². The van der Waals surface area contributed by atoms with Gasteiger partial charge in [0.1, 0.15) is 12.7 Å². The summed E-state index contributed by atoms with van der Waals surface area (Å²) in [7, 11) is 0. The van der Waals surface area contributed by atoms with Crippen molar-refractivity contribution in [2.75, 3.05) is 0 Å². The molecule has 0 atom stereocenters. The van der Waals surface area contributed by atoms with E-state index in [1.807, 2.05) is 85.6 Å². The molecule has 0 unspecified atom stereocenters. The Hall–Kier alpha value is -7.72. The van der Waals surface area contributed by atoms with Gasteiger partial charge >= 0.3 is 0 Å². The molecule has 0 saturated heterocycles. The lowest BCUT2D eigenvalue weighted by Gasteiger charge is -2.24. The first kappa shape index (κ1) is 32.0. The van der Waals surface area contributed by atoms with Gasteiger partial charge in [0.15, 0.2) is 5.82 Å². The van der Waals surface area contributed by atoms with E-state index in [1.165, 1.54) is 0 Å². The topological polar surface area (TPSA) is 129 Å². The van der Waals surface area contributed by atoms with Gasteiger partial charge in [-0.2, -0.15) is 0 Å². The number of nitrogens with zero attached hydrogens (tertiary/aromatic N) is 10. The number of fused-ring (bicyclic) bond motifs is 3.